The van der Waals surface area contributed by atoms with Gasteiger partial charge in [-0.2, -0.15) is 5.26 Å². The molecule has 0 saturated heterocycles. The number of rotatable bonds is 6. The highest BCUT2D eigenvalue weighted by atomic mass is 32.2. The van der Waals surface area contributed by atoms with Gasteiger partial charge in [-0.3, -0.25) is 4.79 Å². The van der Waals surface area contributed by atoms with Crippen molar-refractivity contribution in [3.05, 3.63) is 47.6 Å². The van der Waals surface area contributed by atoms with E-state index in [1.165, 1.54) is 18.1 Å². The molecule has 3 rings (SSSR count). The van der Waals surface area contributed by atoms with Crippen LogP contribution in [0.3, 0.4) is 0 Å². The molecule has 1 atom stereocenters. The van der Waals surface area contributed by atoms with Gasteiger partial charge in [0, 0.05) is 12.2 Å². The number of hydrogen-bond donors (Lipinski definition) is 0. The highest BCUT2D eigenvalue weighted by Crippen LogP contribution is 2.32. The van der Waals surface area contributed by atoms with E-state index in [0.717, 1.165) is 26.5 Å². The molecule has 7 heteroatoms. The van der Waals surface area contributed by atoms with Gasteiger partial charge in [0.2, 0.25) is 5.91 Å². The number of anilines is 1. The Morgan fingerprint density at radius 1 is 1.31 bits per heavy atom. The predicted octanol–water partition coefficient (Wildman–Crippen LogP) is 4.43. The molecule has 1 unspecified atom stereocenters. The second-order valence-corrected chi connectivity index (χ2v) is 8.05. The summed E-state index contributed by atoms with van der Waals surface area (Å²) in [5, 5.41) is 11.4. The van der Waals surface area contributed by atoms with E-state index in [9.17, 15) is 4.79 Å². The quantitative estimate of drug-likeness (QED) is 0.466. The van der Waals surface area contributed by atoms with Crippen molar-refractivity contribution in [2.24, 2.45) is 0 Å². The lowest BCUT2D eigenvalue weighted by Gasteiger charge is -2.25. The van der Waals surface area contributed by atoms with E-state index in [1.54, 1.807) is 16.2 Å². The fourth-order valence-corrected chi connectivity index (χ4v) is 4.44. The van der Waals surface area contributed by atoms with E-state index in [4.69, 9.17) is 5.26 Å². The fraction of sp³-hybridized carbons (Fsp3) is 0.263. The summed E-state index contributed by atoms with van der Waals surface area (Å²) in [5.74, 6) is -0.0302. The summed E-state index contributed by atoms with van der Waals surface area (Å²) >= 11 is 3.00. The van der Waals surface area contributed by atoms with E-state index in [2.05, 4.69) is 16.0 Å². The van der Waals surface area contributed by atoms with Gasteiger partial charge in [-0.25, -0.2) is 9.97 Å². The largest absolute Gasteiger partial charge is 0.310 e. The molecule has 0 radical (unpaired) electrons. The minimum absolute atomic E-state index is 0.0302. The van der Waals surface area contributed by atoms with Gasteiger partial charge in [0.1, 0.15) is 11.4 Å². The highest BCUT2D eigenvalue weighted by molar-refractivity contribution is 8.00. The van der Waals surface area contributed by atoms with Crippen LogP contribution in [0.15, 0.2) is 47.1 Å². The normalized spacial score (nSPS) is 11.9. The monoisotopic (exact) mass is 382 g/mol. The van der Waals surface area contributed by atoms with Crippen molar-refractivity contribution in [2.75, 3.05) is 11.4 Å². The molecule has 0 aliphatic heterocycles. The topological polar surface area (TPSA) is 69.9 Å². The molecule has 26 heavy (non-hydrogen) atoms. The summed E-state index contributed by atoms with van der Waals surface area (Å²) in [6.07, 6.45) is 1.82. The number of thiophene rings is 1. The van der Waals surface area contributed by atoms with Crippen LogP contribution in [0.1, 0.15) is 18.9 Å². The molecule has 1 aromatic carbocycles. The maximum atomic E-state index is 13.1. The Labute approximate surface area is 160 Å². The zero-order valence-electron chi connectivity index (χ0n) is 14.5. The molecule has 2 aromatic heterocycles. The van der Waals surface area contributed by atoms with Gasteiger partial charge in [-0.15, -0.1) is 11.3 Å². The molecule has 0 fully saturated rings. The molecule has 1 amide bonds. The molecule has 0 N–H and O–H groups in total. The van der Waals surface area contributed by atoms with Gasteiger partial charge in [-0.05, 0) is 37.4 Å². The Morgan fingerprint density at radius 2 is 2.08 bits per heavy atom. The third kappa shape index (κ3) is 4.03. The molecule has 0 aliphatic rings. The summed E-state index contributed by atoms with van der Waals surface area (Å²) in [6, 6.07) is 11.9. The van der Waals surface area contributed by atoms with Gasteiger partial charge in [0.05, 0.1) is 28.0 Å². The molecular formula is C19H18N4OS2. The predicted molar refractivity (Wildman–Crippen MR) is 106 cm³/mol. The zero-order valence-corrected chi connectivity index (χ0v) is 16.2. The maximum Gasteiger partial charge on any atom is 0.240 e. The summed E-state index contributed by atoms with van der Waals surface area (Å²) in [7, 11) is 0. The van der Waals surface area contributed by atoms with Gasteiger partial charge < -0.3 is 4.90 Å². The number of aryl methyl sites for hydroxylation is 1. The Morgan fingerprint density at radius 3 is 2.81 bits per heavy atom. The number of hydrogen-bond acceptors (Lipinski definition) is 6. The van der Waals surface area contributed by atoms with Gasteiger partial charge in [0.25, 0.3) is 0 Å². The van der Waals surface area contributed by atoms with Crippen molar-refractivity contribution in [3.63, 3.8) is 0 Å². The zero-order chi connectivity index (χ0) is 18.5. The molecule has 0 bridgehead atoms. The van der Waals surface area contributed by atoms with E-state index >= 15 is 0 Å². The van der Waals surface area contributed by atoms with Crippen LogP contribution in [0.2, 0.25) is 0 Å². The van der Waals surface area contributed by atoms with Crippen LogP contribution in [0.4, 0.5) is 5.69 Å². The van der Waals surface area contributed by atoms with E-state index in [1.807, 2.05) is 49.6 Å². The van der Waals surface area contributed by atoms with Crippen LogP contribution < -0.4 is 4.90 Å². The second kappa shape index (κ2) is 8.30. The van der Waals surface area contributed by atoms with Gasteiger partial charge in [0.15, 0.2) is 0 Å². The van der Waals surface area contributed by atoms with Crippen molar-refractivity contribution in [2.45, 2.75) is 30.5 Å². The van der Waals surface area contributed by atoms with Crippen LogP contribution in [0, 0.1) is 18.3 Å². The molecule has 132 valence electrons. The Hall–Kier alpha value is -2.43. The molecule has 0 spiro atoms. The number of benzene rings is 1. The van der Waals surface area contributed by atoms with Crippen molar-refractivity contribution in [1.82, 2.24) is 9.97 Å². The number of carbonyl (C=O) groups is 1. The Kier molecular flexibility index (Phi) is 5.86. The average Bonchev–Trinajstić information content (AvgIpc) is 3.13. The van der Waals surface area contributed by atoms with Crippen LogP contribution >= 0.6 is 23.1 Å². The molecule has 0 aliphatic carbocycles. The summed E-state index contributed by atoms with van der Waals surface area (Å²) < 4.78 is 0.996. The fourth-order valence-electron chi connectivity index (χ4n) is 2.54. The third-order valence-corrected chi connectivity index (χ3v) is 6.03. The minimum Gasteiger partial charge on any atom is -0.310 e. The smallest absolute Gasteiger partial charge is 0.240 e. The second-order valence-electron chi connectivity index (χ2n) is 5.81. The molecule has 2 heterocycles. The van der Waals surface area contributed by atoms with E-state index in [-0.39, 0.29) is 11.2 Å². The standard InChI is InChI=1S/C19H18N4OS2/c1-13-4-6-15(7-5-13)23(10-3-9-20)19(24)14(2)26-18-17-16(8-11-25-17)21-12-22-18/h4-8,11-12,14H,3,10H2,1-2H3. The first kappa shape index (κ1) is 18.4. The minimum atomic E-state index is -0.324. The number of thioether (sulfide) groups is 1. The number of aromatic nitrogens is 2. The lowest BCUT2D eigenvalue weighted by molar-refractivity contribution is -0.117. The van der Waals surface area contributed by atoms with Crippen molar-refractivity contribution < 1.29 is 4.79 Å². The van der Waals surface area contributed by atoms with E-state index < -0.39 is 0 Å². The first-order valence-electron chi connectivity index (χ1n) is 8.20. The lowest BCUT2D eigenvalue weighted by Crippen LogP contribution is -2.37. The van der Waals surface area contributed by atoms with Gasteiger partial charge in [-0.1, -0.05) is 29.5 Å². The summed E-state index contributed by atoms with van der Waals surface area (Å²) in [4.78, 5) is 23.3. The molecule has 5 nitrogen and oxygen atoms in total. The Bertz CT molecular complexity index is 946. The van der Waals surface area contributed by atoms with Crippen LogP contribution in [-0.2, 0) is 4.79 Å². The lowest BCUT2D eigenvalue weighted by atomic mass is 10.2. The summed E-state index contributed by atoms with van der Waals surface area (Å²) in [5.41, 5.74) is 2.84. The highest BCUT2D eigenvalue weighted by Gasteiger charge is 2.24. The van der Waals surface area contributed by atoms with Crippen molar-refractivity contribution in [1.29, 1.82) is 5.26 Å². The van der Waals surface area contributed by atoms with Crippen LogP contribution in [0.25, 0.3) is 10.2 Å². The van der Waals surface area contributed by atoms with Crippen LogP contribution in [0.5, 0.6) is 0 Å². The number of amides is 1. The molecular weight excluding hydrogens is 364 g/mol. The number of fused-ring (bicyclic) bond motifs is 1. The first-order valence-corrected chi connectivity index (χ1v) is 9.96. The first-order chi connectivity index (χ1) is 12.6. The number of nitrogens with zero attached hydrogens (tertiary/aromatic N) is 4. The Balaban J connectivity index is 1.82. The number of carbonyl (C=O) groups excluding carboxylic acids is 1. The molecule has 0 saturated carbocycles. The van der Waals surface area contributed by atoms with Crippen molar-refractivity contribution in [3.8, 4) is 6.07 Å². The average molecular weight is 383 g/mol. The number of nitriles is 1. The van der Waals surface area contributed by atoms with E-state index in [0.29, 0.717) is 13.0 Å². The summed E-state index contributed by atoms with van der Waals surface area (Å²) in [6.45, 7) is 4.26. The van der Waals surface area contributed by atoms with Crippen LogP contribution in [-0.4, -0.2) is 27.7 Å². The maximum absolute atomic E-state index is 13.1. The van der Waals surface area contributed by atoms with Crippen molar-refractivity contribution >= 4 is 44.9 Å². The van der Waals surface area contributed by atoms with Gasteiger partial charge >= 0.3 is 0 Å². The third-order valence-electron chi connectivity index (χ3n) is 3.91. The SMILES string of the molecule is Cc1ccc(N(CCC#N)C(=O)C(C)Sc2ncnc3ccsc23)cc1. The molecule has 3 aromatic rings.